The summed E-state index contributed by atoms with van der Waals surface area (Å²) in [5.74, 6) is -1.76. The molecular weight excluding hydrogens is 374 g/mol. The monoisotopic (exact) mass is 388 g/mol. The minimum atomic E-state index is -5.27. The molecule has 0 aliphatic heterocycles. The number of carboxylic acid groups (broad SMARTS) is 1. The van der Waals surface area contributed by atoms with Gasteiger partial charge in [0.05, 0.1) is 12.1 Å². The molecule has 146 valence electrons. The van der Waals surface area contributed by atoms with Gasteiger partial charge in [0.25, 0.3) is 0 Å². The van der Waals surface area contributed by atoms with Crippen LogP contribution >= 0.6 is 0 Å². The molecule has 4 N–H and O–H groups in total. The predicted octanol–water partition coefficient (Wildman–Crippen LogP) is 2.44. The number of amides is 2. The lowest BCUT2D eigenvalue weighted by Crippen LogP contribution is -2.51. The quantitative estimate of drug-likeness (QED) is 0.583. The van der Waals surface area contributed by atoms with Gasteiger partial charge in [0.15, 0.2) is 11.6 Å². The van der Waals surface area contributed by atoms with Gasteiger partial charge in [-0.15, -0.1) is 0 Å². The molecule has 0 radical (unpaired) electrons. The number of alkyl halides is 6. The molecule has 1 aromatic rings. The van der Waals surface area contributed by atoms with Gasteiger partial charge in [-0.05, 0) is 18.6 Å². The fraction of sp³-hybridized carbons (Fsp3) is 0.429. The summed E-state index contributed by atoms with van der Waals surface area (Å²) in [7, 11) is 0. The topological polar surface area (TPSA) is 98.7 Å². The number of hydrogen-bond donors (Lipinski definition) is 4. The van der Waals surface area contributed by atoms with Crippen molar-refractivity contribution < 1.29 is 46.1 Å². The number of benzene rings is 1. The smallest absolute Gasteiger partial charge is 0.416 e. The zero-order chi connectivity index (χ0) is 20.3. The van der Waals surface area contributed by atoms with Gasteiger partial charge < -0.3 is 20.8 Å². The molecular formula is C14H14F6N2O4. The average Bonchev–Trinajstić information content (AvgIpc) is 2.48. The van der Waals surface area contributed by atoms with E-state index in [-0.39, 0.29) is 0 Å². The average molecular weight is 388 g/mol. The van der Waals surface area contributed by atoms with Crippen LogP contribution < -0.4 is 10.6 Å². The Morgan fingerprint density at radius 2 is 1.65 bits per heavy atom. The molecule has 0 spiro atoms. The number of halogens is 6. The van der Waals surface area contributed by atoms with E-state index in [4.69, 9.17) is 5.11 Å². The largest absolute Gasteiger partial charge is 0.479 e. The summed E-state index contributed by atoms with van der Waals surface area (Å²) >= 11 is 0. The molecule has 0 saturated carbocycles. The van der Waals surface area contributed by atoms with E-state index in [1.165, 1.54) is 5.32 Å². The summed E-state index contributed by atoms with van der Waals surface area (Å²) in [6, 6.07) is -1.78. The van der Waals surface area contributed by atoms with Crippen molar-refractivity contribution in [1.29, 1.82) is 0 Å². The van der Waals surface area contributed by atoms with Gasteiger partial charge in [0.2, 0.25) is 0 Å². The molecule has 12 heteroatoms. The summed E-state index contributed by atoms with van der Waals surface area (Å²) in [5, 5.41) is 21.0. The molecule has 0 aliphatic rings. The van der Waals surface area contributed by atoms with E-state index in [0.717, 1.165) is 19.1 Å². The lowest BCUT2D eigenvalue weighted by molar-refractivity contribution is -0.161. The van der Waals surface area contributed by atoms with E-state index < -0.39 is 53.7 Å². The number of urea groups is 1. The summed E-state index contributed by atoms with van der Waals surface area (Å²) < 4.78 is 78.4. The predicted molar refractivity (Wildman–Crippen MR) is 75.0 cm³/mol. The van der Waals surface area contributed by atoms with Gasteiger partial charge >= 0.3 is 24.4 Å². The van der Waals surface area contributed by atoms with Crippen molar-refractivity contribution in [1.82, 2.24) is 10.6 Å². The molecule has 0 aromatic heterocycles. The van der Waals surface area contributed by atoms with Crippen LogP contribution in [0, 0.1) is 0 Å². The summed E-state index contributed by atoms with van der Waals surface area (Å²) in [5.41, 5.74) is -5.29. The Morgan fingerprint density at radius 3 is 2.12 bits per heavy atom. The molecule has 26 heavy (non-hydrogen) atoms. The van der Waals surface area contributed by atoms with Gasteiger partial charge in [0, 0.05) is 0 Å². The molecule has 1 rings (SSSR count). The molecule has 0 heterocycles. The standard InChI is InChI=1S/C14H14F6N2O4/c1-12(26,10(23)24)6-21-11(25)22-9(14(18,19)20)7-4-2-3-5-8(7)13(15,16)17/h2-5,9,26H,6H2,1H3,(H,23,24)(H2,21,22,25). The van der Waals surface area contributed by atoms with E-state index in [1.54, 1.807) is 5.32 Å². The summed E-state index contributed by atoms with van der Waals surface area (Å²) in [4.78, 5) is 22.3. The van der Waals surface area contributed by atoms with Crippen molar-refractivity contribution in [2.45, 2.75) is 30.9 Å². The van der Waals surface area contributed by atoms with Crippen LogP contribution in [0.25, 0.3) is 0 Å². The second-order valence-corrected chi connectivity index (χ2v) is 5.47. The highest BCUT2D eigenvalue weighted by atomic mass is 19.4. The molecule has 0 bridgehead atoms. The second kappa shape index (κ2) is 7.40. The first-order valence-electron chi connectivity index (χ1n) is 6.89. The van der Waals surface area contributed by atoms with Gasteiger partial charge in [-0.25, -0.2) is 9.59 Å². The maximum absolute atomic E-state index is 13.2. The van der Waals surface area contributed by atoms with Crippen molar-refractivity contribution in [2.24, 2.45) is 0 Å². The molecule has 0 fully saturated rings. The van der Waals surface area contributed by atoms with Gasteiger partial charge in [-0.3, -0.25) is 0 Å². The Balaban J connectivity index is 3.08. The first-order valence-corrected chi connectivity index (χ1v) is 6.89. The fourth-order valence-electron chi connectivity index (χ4n) is 1.85. The van der Waals surface area contributed by atoms with Crippen LogP contribution in [0.15, 0.2) is 24.3 Å². The van der Waals surface area contributed by atoms with Crippen molar-refractivity contribution in [3.05, 3.63) is 35.4 Å². The van der Waals surface area contributed by atoms with Crippen molar-refractivity contribution in [3.63, 3.8) is 0 Å². The number of aliphatic carboxylic acids is 1. The highest BCUT2D eigenvalue weighted by molar-refractivity contribution is 5.79. The number of carbonyl (C=O) groups excluding carboxylic acids is 1. The lowest BCUT2D eigenvalue weighted by atomic mass is 9.99. The number of carbonyl (C=O) groups is 2. The molecule has 2 unspecified atom stereocenters. The van der Waals surface area contributed by atoms with E-state index in [0.29, 0.717) is 12.1 Å². The molecule has 1 aromatic carbocycles. The van der Waals surface area contributed by atoms with Crippen LogP contribution in [0.1, 0.15) is 24.1 Å². The molecule has 2 atom stereocenters. The van der Waals surface area contributed by atoms with E-state index in [9.17, 15) is 41.0 Å². The number of hydrogen-bond acceptors (Lipinski definition) is 3. The second-order valence-electron chi connectivity index (χ2n) is 5.47. The molecule has 2 amide bonds. The molecule has 0 saturated heterocycles. The van der Waals surface area contributed by atoms with Crippen LogP contribution in [-0.2, 0) is 11.0 Å². The number of aliphatic hydroxyl groups is 1. The Bertz CT molecular complexity index is 672. The third-order valence-corrected chi connectivity index (χ3v) is 3.23. The third kappa shape index (κ3) is 5.51. The summed E-state index contributed by atoms with van der Waals surface area (Å²) in [6.45, 7) is -0.199. The third-order valence-electron chi connectivity index (χ3n) is 3.23. The first kappa shape index (κ1) is 21.5. The van der Waals surface area contributed by atoms with Crippen LogP contribution in [0.3, 0.4) is 0 Å². The Hall–Kier alpha value is -2.50. The van der Waals surface area contributed by atoms with Gasteiger partial charge in [0.1, 0.15) is 0 Å². The van der Waals surface area contributed by atoms with Crippen LogP contribution in [0.2, 0.25) is 0 Å². The van der Waals surface area contributed by atoms with Gasteiger partial charge in [-0.1, -0.05) is 18.2 Å². The van der Waals surface area contributed by atoms with Crippen LogP contribution in [0.5, 0.6) is 0 Å². The van der Waals surface area contributed by atoms with E-state index >= 15 is 0 Å². The minimum Gasteiger partial charge on any atom is -0.479 e. The Morgan fingerprint density at radius 1 is 1.12 bits per heavy atom. The highest BCUT2D eigenvalue weighted by Crippen LogP contribution is 2.40. The normalized spacial score (nSPS) is 15.7. The van der Waals surface area contributed by atoms with E-state index in [2.05, 4.69) is 0 Å². The van der Waals surface area contributed by atoms with Crippen molar-refractivity contribution in [3.8, 4) is 0 Å². The van der Waals surface area contributed by atoms with Crippen molar-refractivity contribution in [2.75, 3.05) is 6.54 Å². The Kier molecular flexibility index (Phi) is 6.13. The maximum Gasteiger partial charge on any atom is 0.416 e. The van der Waals surface area contributed by atoms with Crippen LogP contribution in [-0.4, -0.2) is 40.5 Å². The van der Waals surface area contributed by atoms with Gasteiger partial charge in [-0.2, -0.15) is 26.3 Å². The summed E-state index contributed by atoms with van der Waals surface area (Å²) in [6.07, 6.45) is -10.4. The Labute approximate surface area is 142 Å². The first-order chi connectivity index (χ1) is 11.7. The fourth-order valence-corrected chi connectivity index (χ4v) is 1.85. The minimum absolute atomic E-state index is 0.433. The molecule has 0 aliphatic carbocycles. The zero-order valence-corrected chi connectivity index (χ0v) is 13.1. The number of rotatable bonds is 5. The lowest BCUT2D eigenvalue weighted by Gasteiger charge is -2.26. The zero-order valence-electron chi connectivity index (χ0n) is 13.1. The highest BCUT2D eigenvalue weighted by Gasteiger charge is 2.46. The number of carboxylic acids is 1. The number of nitrogens with one attached hydrogen (secondary N) is 2. The van der Waals surface area contributed by atoms with E-state index in [1.807, 2.05) is 0 Å². The van der Waals surface area contributed by atoms with Crippen LogP contribution in [0.4, 0.5) is 31.1 Å². The van der Waals surface area contributed by atoms with Crippen molar-refractivity contribution >= 4 is 12.0 Å². The molecule has 6 nitrogen and oxygen atoms in total. The maximum atomic E-state index is 13.2. The SMILES string of the molecule is CC(O)(CNC(=O)NC(c1ccccc1C(F)(F)F)C(F)(F)F)C(=O)O.